The summed E-state index contributed by atoms with van der Waals surface area (Å²) in [5.74, 6) is 0.720. The number of ether oxygens (including phenoxy) is 1. The molecule has 0 bridgehead atoms. The molecule has 1 amide bonds. The highest BCUT2D eigenvalue weighted by molar-refractivity contribution is 14.0. The van der Waals surface area contributed by atoms with E-state index in [0.29, 0.717) is 12.1 Å². The van der Waals surface area contributed by atoms with Crippen molar-refractivity contribution >= 4 is 35.8 Å². The smallest absolute Gasteiger partial charge is 0.251 e. The largest absolute Gasteiger partial charge is 0.385 e. The van der Waals surface area contributed by atoms with E-state index in [0.717, 1.165) is 50.7 Å². The fourth-order valence-corrected chi connectivity index (χ4v) is 2.37. The fraction of sp³-hybridized carbons (Fsp3) is 0.579. The summed E-state index contributed by atoms with van der Waals surface area (Å²) in [4.78, 5) is 18.4. The standard InChI is InChI=1S/C19H33N5O2.HI/c1-5-21-19(22-11-13-24(3)12-6-14-26-4)23-15-16-7-9-17(10-8-16)18(25)20-2;/h7-10H,5-6,11-15H2,1-4H3,(H,20,25)(H2,21,22,23);1H. The van der Waals surface area contributed by atoms with Crippen molar-refractivity contribution in [3.05, 3.63) is 35.4 Å². The van der Waals surface area contributed by atoms with E-state index < -0.39 is 0 Å². The van der Waals surface area contributed by atoms with Gasteiger partial charge in [0.05, 0.1) is 6.54 Å². The molecule has 0 aliphatic rings. The Morgan fingerprint density at radius 1 is 1.19 bits per heavy atom. The maximum atomic E-state index is 11.6. The quantitative estimate of drug-likeness (QED) is 0.190. The van der Waals surface area contributed by atoms with Crippen LogP contribution in [0.1, 0.15) is 29.3 Å². The molecule has 0 fully saturated rings. The minimum atomic E-state index is -0.0790. The minimum Gasteiger partial charge on any atom is -0.385 e. The minimum absolute atomic E-state index is 0. The Bertz CT molecular complexity index is 552. The number of nitrogens with zero attached hydrogens (tertiary/aromatic N) is 2. The molecule has 0 aliphatic heterocycles. The van der Waals surface area contributed by atoms with Crippen molar-refractivity contribution in [1.82, 2.24) is 20.9 Å². The number of hydrogen-bond acceptors (Lipinski definition) is 4. The van der Waals surface area contributed by atoms with Gasteiger partial charge >= 0.3 is 0 Å². The first-order chi connectivity index (χ1) is 12.6. The Hall–Kier alpha value is -1.39. The molecule has 0 aromatic heterocycles. The highest BCUT2D eigenvalue weighted by Gasteiger charge is 2.03. The van der Waals surface area contributed by atoms with Gasteiger partial charge in [0.25, 0.3) is 5.91 Å². The first-order valence-corrected chi connectivity index (χ1v) is 9.11. The number of amides is 1. The van der Waals surface area contributed by atoms with Crippen LogP contribution < -0.4 is 16.0 Å². The number of rotatable bonds is 11. The van der Waals surface area contributed by atoms with Crippen molar-refractivity contribution in [3.8, 4) is 0 Å². The van der Waals surface area contributed by atoms with E-state index in [4.69, 9.17) is 4.74 Å². The zero-order valence-corrected chi connectivity index (χ0v) is 19.2. The van der Waals surface area contributed by atoms with E-state index in [1.807, 2.05) is 31.2 Å². The lowest BCUT2D eigenvalue weighted by molar-refractivity contribution is 0.0963. The SMILES string of the molecule is CCNC(=NCc1ccc(C(=O)NC)cc1)NCCN(C)CCCOC.I. The van der Waals surface area contributed by atoms with Crippen LogP contribution in [0.2, 0.25) is 0 Å². The van der Waals surface area contributed by atoms with Crippen LogP contribution in [0.5, 0.6) is 0 Å². The van der Waals surface area contributed by atoms with E-state index >= 15 is 0 Å². The number of methoxy groups -OCH3 is 1. The maximum Gasteiger partial charge on any atom is 0.251 e. The summed E-state index contributed by atoms with van der Waals surface area (Å²) in [6.07, 6.45) is 1.03. The van der Waals surface area contributed by atoms with Gasteiger partial charge in [-0.05, 0) is 38.1 Å². The van der Waals surface area contributed by atoms with Gasteiger partial charge < -0.3 is 25.6 Å². The van der Waals surface area contributed by atoms with Crippen molar-refractivity contribution in [2.24, 2.45) is 4.99 Å². The summed E-state index contributed by atoms with van der Waals surface area (Å²) in [7, 11) is 5.46. The summed E-state index contributed by atoms with van der Waals surface area (Å²) in [5.41, 5.74) is 1.72. The topological polar surface area (TPSA) is 78.0 Å². The van der Waals surface area contributed by atoms with E-state index in [1.54, 1.807) is 14.2 Å². The van der Waals surface area contributed by atoms with Crippen LogP contribution in [0.3, 0.4) is 0 Å². The zero-order chi connectivity index (χ0) is 19.2. The molecule has 7 nitrogen and oxygen atoms in total. The highest BCUT2D eigenvalue weighted by Crippen LogP contribution is 2.05. The predicted molar refractivity (Wildman–Crippen MR) is 122 cm³/mol. The summed E-state index contributed by atoms with van der Waals surface area (Å²) in [5, 5.41) is 9.23. The Morgan fingerprint density at radius 3 is 2.48 bits per heavy atom. The maximum absolute atomic E-state index is 11.6. The second-order valence-corrected chi connectivity index (χ2v) is 6.05. The molecule has 0 unspecified atom stereocenters. The molecule has 0 heterocycles. The lowest BCUT2D eigenvalue weighted by atomic mass is 10.1. The molecule has 1 rings (SSSR count). The van der Waals surface area contributed by atoms with E-state index in [1.165, 1.54) is 0 Å². The number of hydrogen-bond donors (Lipinski definition) is 3. The second kappa shape index (κ2) is 15.6. The molecule has 0 radical (unpaired) electrons. The first-order valence-electron chi connectivity index (χ1n) is 9.11. The van der Waals surface area contributed by atoms with E-state index in [9.17, 15) is 4.79 Å². The van der Waals surface area contributed by atoms with Gasteiger partial charge in [-0.3, -0.25) is 4.79 Å². The summed E-state index contributed by atoms with van der Waals surface area (Å²) in [6, 6.07) is 7.50. The monoisotopic (exact) mass is 491 g/mol. The van der Waals surface area contributed by atoms with Gasteiger partial charge in [-0.25, -0.2) is 4.99 Å². The molecule has 0 saturated carbocycles. The number of nitrogens with one attached hydrogen (secondary N) is 3. The number of carbonyl (C=O) groups is 1. The Kier molecular flexibility index (Phi) is 14.8. The molecule has 0 spiro atoms. The summed E-state index contributed by atoms with van der Waals surface area (Å²) < 4.78 is 5.07. The van der Waals surface area contributed by atoms with E-state index in [-0.39, 0.29) is 29.9 Å². The van der Waals surface area contributed by atoms with Crippen LogP contribution in [0.4, 0.5) is 0 Å². The zero-order valence-electron chi connectivity index (χ0n) is 16.9. The second-order valence-electron chi connectivity index (χ2n) is 6.05. The molecule has 1 aromatic carbocycles. The number of benzene rings is 1. The van der Waals surface area contributed by atoms with Gasteiger partial charge in [0, 0.05) is 52.5 Å². The van der Waals surface area contributed by atoms with Gasteiger partial charge in [-0.2, -0.15) is 0 Å². The number of guanidine groups is 1. The average molecular weight is 491 g/mol. The Morgan fingerprint density at radius 2 is 1.89 bits per heavy atom. The van der Waals surface area contributed by atoms with Crippen molar-refractivity contribution in [2.75, 3.05) is 54.0 Å². The van der Waals surface area contributed by atoms with Crippen LogP contribution in [0.25, 0.3) is 0 Å². The first kappa shape index (κ1) is 25.6. The molecular formula is C19H34IN5O2. The summed E-state index contributed by atoms with van der Waals surface area (Å²) >= 11 is 0. The van der Waals surface area contributed by atoms with Gasteiger partial charge in [-0.15, -0.1) is 24.0 Å². The van der Waals surface area contributed by atoms with Gasteiger partial charge in [0.2, 0.25) is 0 Å². The van der Waals surface area contributed by atoms with Gasteiger partial charge in [0.15, 0.2) is 5.96 Å². The Balaban J connectivity index is 0.00000676. The number of likely N-dealkylation sites (N-methyl/N-ethyl adjacent to an activating group) is 1. The number of halogens is 1. The summed E-state index contributed by atoms with van der Waals surface area (Å²) in [6.45, 7) is 6.99. The van der Waals surface area contributed by atoms with Crippen LogP contribution in [0, 0.1) is 0 Å². The average Bonchev–Trinajstić information content (AvgIpc) is 2.66. The third-order valence-corrected chi connectivity index (χ3v) is 3.88. The number of carbonyl (C=O) groups excluding carboxylic acids is 1. The number of aliphatic imine (C=N–C) groups is 1. The fourth-order valence-electron chi connectivity index (χ4n) is 2.37. The molecule has 1 aromatic rings. The van der Waals surface area contributed by atoms with Crippen molar-refractivity contribution in [1.29, 1.82) is 0 Å². The molecule has 0 aliphatic carbocycles. The molecule has 8 heteroatoms. The molecule has 3 N–H and O–H groups in total. The van der Waals surface area contributed by atoms with Crippen LogP contribution in [0.15, 0.2) is 29.3 Å². The third-order valence-electron chi connectivity index (χ3n) is 3.88. The highest BCUT2D eigenvalue weighted by atomic mass is 127. The predicted octanol–water partition coefficient (Wildman–Crippen LogP) is 1.69. The van der Waals surface area contributed by atoms with E-state index in [2.05, 4.69) is 32.9 Å². The molecule has 0 saturated heterocycles. The Labute approximate surface area is 180 Å². The van der Waals surface area contributed by atoms with Gasteiger partial charge in [-0.1, -0.05) is 12.1 Å². The van der Waals surface area contributed by atoms with Crippen LogP contribution in [-0.4, -0.2) is 70.8 Å². The van der Waals surface area contributed by atoms with Gasteiger partial charge in [0.1, 0.15) is 0 Å². The van der Waals surface area contributed by atoms with Crippen molar-refractivity contribution < 1.29 is 9.53 Å². The molecular weight excluding hydrogens is 457 g/mol. The molecule has 154 valence electrons. The lowest BCUT2D eigenvalue weighted by Crippen LogP contribution is -2.41. The lowest BCUT2D eigenvalue weighted by Gasteiger charge is -2.18. The normalized spacial score (nSPS) is 11.1. The van der Waals surface area contributed by atoms with Crippen LogP contribution in [-0.2, 0) is 11.3 Å². The van der Waals surface area contributed by atoms with Crippen molar-refractivity contribution in [3.63, 3.8) is 0 Å². The van der Waals surface area contributed by atoms with Crippen molar-refractivity contribution in [2.45, 2.75) is 19.9 Å². The molecule has 0 atom stereocenters. The third kappa shape index (κ3) is 11.1. The molecule has 27 heavy (non-hydrogen) atoms. The van der Waals surface area contributed by atoms with Crippen LogP contribution >= 0.6 is 24.0 Å².